The van der Waals surface area contributed by atoms with Crippen LogP contribution >= 0.6 is 0 Å². The number of benzene rings is 1. The van der Waals surface area contributed by atoms with Gasteiger partial charge in [-0.25, -0.2) is 0 Å². The molecule has 1 aromatic heterocycles. The molecule has 0 atom stereocenters. The van der Waals surface area contributed by atoms with Crippen LogP contribution in [0.2, 0.25) is 0 Å². The fraction of sp³-hybridized carbons (Fsp3) is 0.231. The van der Waals surface area contributed by atoms with Crippen LogP contribution in [0.1, 0.15) is 21.5 Å². The highest BCUT2D eigenvalue weighted by Gasteiger charge is 2.15. The van der Waals surface area contributed by atoms with E-state index < -0.39 is 0 Å². The fourth-order valence-electron chi connectivity index (χ4n) is 2.01. The number of carbonyl (C=O) groups is 1. The Morgan fingerprint density at radius 3 is 2.72 bits per heavy atom. The Morgan fingerprint density at radius 1 is 1.39 bits per heavy atom. The maximum absolute atomic E-state index is 11.0. The van der Waals surface area contributed by atoms with Crippen LogP contribution in [-0.2, 0) is 13.2 Å². The molecule has 0 aliphatic rings. The largest absolute Gasteiger partial charge is 0.494 e. The summed E-state index contributed by atoms with van der Waals surface area (Å²) in [6.07, 6.45) is 2.23. The molecule has 0 aliphatic heterocycles. The van der Waals surface area contributed by atoms with Gasteiger partial charge in [-0.15, -0.1) is 0 Å². The van der Waals surface area contributed by atoms with Crippen molar-refractivity contribution in [2.24, 2.45) is 0 Å². The zero-order chi connectivity index (χ0) is 13.1. The van der Waals surface area contributed by atoms with Crippen LogP contribution < -0.4 is 4.74 Å². The van der Waals surface area contributed by atoms with E-state index in [2.05, 4.69) is 4.98 Å². The molecule has 1 aromatic carbocycles. The van der Waals surface area contributed by atoms with Gasteiger partial charge in [0.2, 0.25) is 0 Å². The van der Waals surface area contributed by atoms with Crippen molar-refractivity contribution < 1.29 is 19.7 Å². The van der Waals surface area contributed by atoms with Gasteiger partial charge in [-0.05, 0) is 17.7 Å². The Bertz CT molecular complexity index is 595. The summed E-state index contributed by atoms with van der Waals surface area (Å²) in [6, 6.07) is 3.24. The average Bonchev–Trinajstić information content (AvgIpc) is 2.44. The van der Waals surface area contributed by atoms with Gasteiger partial charge in [0.15, 0.2) is 12.0 Å². The van der Waals surface area contributed by atoms with Crippen molar-refractivity contribution in [3.8, 4) is 5.75 Å². The quantitative estimate of drug-likeness (QED) is 0.789. The molecule has 0 radical (unpaired) electrons. The molecule has 5 nitrogen and oxygen atoms in total. The third kappa shape index (κ3) is 1.83. The van der Waals surface area contributed by atoms with E-state index >= 15 is 0 Å². The molecule has 0 saturated carbocycles. The van der Waals surface area contributed by atoms with Crippen LogP contribution in [0.3, 0.4) is 0 Å². The number of hydrogen-bond acceptors (Lipinski definition) is 5. The molecule has 2 rings (SSSR count). The highest BCUT2D eigenvalue weighted by molar-refractivity contribution is 5.99. The average molecular weight is 247 g/mol. The summed E-state index contributed by atoms with van der Waals surface area (Å²) in [5.41, 5.74) is 1.99. The van der Waals surface area contributed by atoms with E-state index in [1.165, 1.54) is 13.3 Å². The van der Waals surface area contributed by atoms with Gasteiger partial charge < -0.3 is 14.9 Å². The number of nitrogens with zero attached hydrogens (tertiary/aromatic N) is 1. The summed E-state index contributed by atoms with van der Waals surface area (Å²) in [6.45, 7) is -0.503. The third-order valence-corrected chi connectivity index (χ3v) is 2.88. The fourth-order valence-corrected chi connectivity index (χ4v) is 2.01. The minimum atomic E-state index is -0.262. The van der Waals surface area contributed by atoms with Gasteiger partial charge in [0, 0.05) is 22.7 Å². The number of aldehydes is 1. The minimum Gasteiger partial charge on any atom is -0.494 e. The first-order valence-electron chi connectivity index (χ1n) is 5.41. The van der Waals surface area contributed by atoms with Crippen molar-refractivity contribution in [2.75, 3.05) is 7.11 Å². The van der Waals surface area contributed by atoms with Crippen molar-refractivity contribution >= 4 is 17.2 Å². The summed E-state index contributed by atoms with van der Waals surface area (Å²) >= 11 is 0. The third-order valence-electron chi connectivity index (χ3n) is 2.88. The van der Waals surface area contributed by atoms with Gasteiger partial charge in [-0.2, -0.15) is 0 Å². The molecule has 1 heterocycles. The summed E-state index contributed by atoms with van der Waals surface area (Å²) in [5.74, 6) is 0.391. The molecular weight excluding hydrogens is 234 g/mol. The molecule has 94 valence electrons. The molecule has 0 fully saturated rings. The number of hydrogen-bond donors (Lipinski definition) is 2. The normalized spacial score (nSPS) is 10.6. The molecule has 2 aromatic rings. The first kappa shape index (κ1) is 12.5. The lowest BCUT2D eigenvalue weighted by Crippen LogP contribution is -2.02. The predicted molar refractivity (Wildman–Crippen MR) is 65.5 cm³/mol. The molecule has 18 heavy (non-hydrogen) atoms. The van der Waals surface area contributed by atoms with E-state index in [1.807, 2.05) is 0 Å². The van der Waals surface area contributed by atoms with E-state index in [0.29, 0.717) is 33.3 Å². The number of rotatable bonds is 4. The summed E-state index contributed by atoms with van der Waals surface area (Å²) in [4.78, 5) is 15.2. The van der Waals surface area contributed by atoms with Gasteiger partial charge in [-0.3, -0.25) is 9.78 Å². The number of pyridine rings is 1. The van der Waals surface area contributed by atoms with Gasteiger partial charge >= 0.3 is 0 Å². The Hall–Kier alpha value is -1.98. The number of aliphatic hydroxyl groups is 2. The Kier molecular flexibility index (Phi) is 3.55. The number of methoxy groups -OCH3 is 1. The summed E-state index contributed by atoms with van der Waals surface area (Å²) in [5, 5.41) is 19.3. The van der Waals surface area contributed by atoms with Gasteiger partial charge in [-0.1, -0.05) is 0 Å². The van der Waals surface area contributed by atoms with E-state index in [4.69, 9.17) is 4.74 Å². The first-order chi connectivity index (χ1) is 8.76. The molecule has 0 aliphatic carbocycles. The molecule has 0 spiro atoms. The number of carbonyl (C=O) groups excluding carboxylic acids is 1. The second-order valence-corrected chi connectivity index (χ2v) is 3.78. The van der Waals surface area contributed by atoms with Crippen molar-refractivity contribution in [3.63, 3.8) is 0 Å². The van der Waals surface area contributed by atoms with Crippen LogP contribution in [0, 0.1) is 0 Å². The van der Waals surface area contributed by atoms with Crippen LogP contribution in [0.5, 0.6) is 5.75 Å². The minimum absolute atomic E-state index is 0.241. The standard InChI is InChI=1S/C13H13NO4/c1-18-13-11(7-17)9(6-16)4-10-8(5-15)2-3-14-12(10)13/h2-5,16-17H,6-7H2,1H3. The molecule has 0 saturated heterocycles. The van der Waals surface area contributed by atoms with E-state index in [9.17, 15) is 15.0 Å². The second kappa shape index (κ2) is 5.12. The number of fused-ring (bicyclic) bond motifs is 1. The van der Waals surface area contributed by atoms with Gasteiger partial charge in [0.25, 0.3) is 0 Å². The topological polar surface area (TPSA) is 79.6 Å². The van der Waals surface area contributed by atoms with Gasteiger partial charge in [0.1, 0.15) is 5.52 Å². The zero-order valence-corrected chi connectivity index (χ0v) is 9.88. The highest BCUT2D eigenvalue weighted by Crippen LogP contribution is 2.32. The number of aliphatic hydroxyl groups excluding tert-OH is 2. The molecule has 0 unspecified atom stereocenters. The number of ether oxygens (including phenoxy) is 1. The Balaban J connectivity index is 2.91. The Labute approximate surface area is 104 Å². The predicted octanol–water partition coefficient (Wildman–Crippen LogP) is 1.04. The molecular formula is C13H13NO4. The van der Waals surface area contributed by atoms with Crippen LogP contribution in [0.25, 0.3) is 10.9 Å². The van der Waals surface area contributed by atoms with Crippen LogP contribution in [0.15, 0.2) is 18.3 Å². The summed E-state index contributed by atoms with van der Waals surface area (Å²) in [7, 11) is 1.46. The molecule has 5 heteroatoms. The van der Waals surface area contributed by atoms with E-state index in [-0.39, 0.29) is 13.2 Å². The lowest BCUT2D eigenvalue weighted by molar-refractivity contribution is 0.112. The maximum atomic E-state index is 11.0. The van der Waals surface area contributed by atoms with Gasteiger partial charge in [0.05, 0.1) is 20.3 Å². The lowest BCUT2D eigenvalue weighted by Gasteiger charge is -2.14. The van der Waals surface area contributed by atoms with E-state index in [0.717, 1.165) is 6.29 Å². The van der Waals surface area contributed by atoms with Crippen molar-refractivity contribution in [1.29, 1.82) is 0 Å². The zero-order valence-electron chi connectivity index (χ0n) is 9.88. The smallest absolute Gasteiger partial charge is 0.150 e. The van der Waals surface area contributed by atoms with Crippen LogP contribution in [-0.4, -0.2) is 28.6 Å². The van der Waals surface area contributed by atoms with E-state index in [1.54, 1.807) is 12.1 Å². The Morgan fingerprint density at radius 2 is 2.17 bits per heavy atom. The monoisotopic (exact) mass is 247 g/mol. The first-order valence-corrected chi connectivity index (χ1v) is 5.41. The van der Waals surface area contributed by atoms with Crippen molar-refractivity contribution in [1.82, 2.24) is 4.98 Å². The highest BCUT2D eigenvalue weighted by atomic mass is 16.5. The van der Waals surface area contributed by atoms with Crippen LogP contribution in [0.4, 0.5) is 0 Å². The molecule has 2 N–H and O–H groups in total. The summed E-state index contributed by atoms with van der Waals surface area (Å²) < 4.78 is 5.24. The SMILES string of the molecule is COc1c(CO)c(CO)cc2c(C=O)ccnc12. The lowest BCUT2D eigenvalue weighted by atomic mass is 10.0. The molecule has 0 bridgehead atoms. The number of aromatic nitrogens is 1. The van der Waals surface area contributed by atoms with Crippen molar-refractivity contribution in [3.05, 3.63) is 35.0 Å². The maximum Gasteiger partial charge on any atom is 0.150 e. The molecule has 0 amide bonds. The second-order valence-electron chi connectivity index (χ2n) is 3.78. The van der Waals surface area contributed by atoms with Crippen molar-refractivity contribution in [2.45, 2.75) is 13.2 Å².